The number of benzene rings is 1. The number of rotatable bonds is 5. The molecule has 1 N–H and O–H groups in total. The van der Waals surface area contributed by atoms with Gasteiger partial charge >= 0.3 is 5.97 Å². The highest BCUT2D eigenvalue weighted by molar-refractivity contribution is 7.17. The minimum atomic E-state index is -1.09. The summed E-state index contributed by atoms with van der Waals surface area (Å²) in [5, 5.41) is 10.1. The Morgan fingerprint density at radius 1 is 1.35 bits per heavy atom. The fourth-order valence-corrected chi connectivity index (χ4v) is 2.20. The Bertz CT molecular complexity index is 612. The molecule has 0 spiro atoms. The van der Waals surface area contributed by atoms with Crippen LogP contribution in [0.3, 0.4) is 0 Å². The molecule has 0 aliphatic carbocycles. The molecular weight excluding hydrogens is 280 g/mol. The molecule has 0 fully saturated rings. The van der Waals surface area contributed by atoms with Gasteiger partial charge in [0.15, 0.2) is 0 Å². The number of carboxylic acid groups (broad SMARTS) is 1. The molecule has 0 saturated carbocycles. The van der Waals surface area contributed by atoms with E-state index in [0.717, 1.165) is 16.4 Å². The fourth-order valence-electron chi connectivity index (χ4n) is 1.49. The van der Waals surface area contributed by atoms with Crippen LogP contribution in [-0.2, 0) is 4.84 Å². The monoisotopic (exact) mass is 292 g/mol. The van der Waals surface area contributed by atoms with E-state index in [0.29, 0.717) is 5.56 Å². The molecule has 0 unspecified atom stereocenters. The van der Waals surface area contributed by atoms with Gasteiger partial charge in [0.2, 0.25) is 5.13 Å². The smallest absolute Gasteiger partial charge is 0.347 e. The summed E-state index contributed by atoms with van der Waals surface area (Å²) in [6.07, 6.45) is 1.20. The van der Waals surface area contributed by atoms with E-state index in [1.54, 1.807) is 37.3 Å². The zero-order chi connectivity index (χ0) is 14.5. The number of thiazole rings is 1. The van der Waals surface area contributed by atoms with E-state index in [1.807, 2.05) is 0 Å². The maximum absolute atomic E-state index is 12.3. The van der Waals surface area contributed by atoms with Gasteiger partial charge in [0.05, 0.1) is 12.8 Å². The molecule has 20 heavy (non-hydrogen) atoms. The number of carbonyl (C=O) groups is 2. The first-order valence-corrected chi connectivity index (χ1v) is 6.66. The van der Waals surface area contributed by atoms with Crippen LogP contribution in [-0.4, -0.2) is 28.6 Å². The van der Waals surface area contributed by atoms with Gasteiger partial charge in [-0.15, -0.1) is 0 Å². The summed E-state index contributed by atoms with van der Waals surface area (Å²) >= 11 is 0.881. The van der Waals surface area contributed by atoms with Crippen molar-refractivity contribution in [1.82, 2.24) is 4.98 Å². The van der Waals surface area contributed by atoms with E-state index in [4.69, 9.17) is 9.94 Å². The quantitative estimate of drug-likeness (QED) is 0.856. The number of hydrogen-bond acceptors (Lipinski definition) is 5. The molecule has 0 aliphatic rings. The second-order valence-corrected chi connectivity index (χ2v) is 4.70. The van der Waals surface area contributed by atoms with E-state index >= 15 is 0 Å². The molecule has 0 atom stereocenters. The van der Waals surface area contributed by atoms with Crippen LogP contribution < -0.4 is 5.06 Å². The fraction of sp³-hybridized carbons (Fsp3) is 0.154. The Morgan fingerprint density at radius 2 is 2.05 bits per heavy atom. The van der Waals surface area contributed by atoms with Crippen LogP contribution in [0.2, 0.25) is 0 Å². The molecule has 1 aromatic heterocycles. The van der Waals surface area contributed by atoms with Crippen LogP contribution in [0.5, 0.6) is 0 Å². The number of hydrogen-bond donors (Lipinski definition) is 1. The van der Waals surface area contributed by atoms with Crippen molar-refractivity contribution in [2.45, 2.75) is 6.92 Å². The van der Waals surface area contributed by atoms with Crippen LogP contribution in [0.25, 0.3) is 0 Å². The van der Waals surface area contributed by atoms with Crippen molar-refractivity contribution in [2.24, 2.45) is 0 Å². The van der Waals surface area contributed by atoms with Crippen molar-refractivity contribution in [1.29, 1.82) is 0 Å². The standard InChI is InChI=1S/C13H12N2O4S/c1-2-19-15(11(16)9-6-4-3-5-7-9)13-14-8-10(20-13)12(17)18/h3-8H,2H2,1H3,(H,17,18). The zero-order valence-electron chi connectivity index (χ0n) is 10.6. The number of hydroxylamine groups is 1. The summed E-state index contributed by atoms with van der Waals surface area (Å²) in [6, 6.07) is 8.58. The molecule has 1 amide bonds. The van der Waals surface area contributed by atoms with Gasteiger partial charge in [-0.1, -0.05) is 29.5 Å². The molecule has 2 aromatic rings. The maximum Gasteiger partial charge on any atom is 0.347 e. The number of aromatic nitrogens is 1. The van der Waals surface area contributed by atoms with Crippen LogP contribution in [0.15, 0.2) is 36.5 Å². The zero-order valence-corrected chi connectivity index (χ0v) is 11.5. The molecule has 0 radical (unpaired) electrons. The van der Waals surface area contributed by atoms with Crippen LogP contribution in [0.1, 0.15) is 27.0 Å². The summed E-state index contributed by atoms with van der Waals surface area (Å²) in [5.41, 5.74) is 0.438. The summed E-state index contributed by atoms with van der Waals surface area (Å²) in [6.45, 7) is 2.00. The van der Waals surface area contributed by atoms with Crippen molar-refractivity contribution in [3.8, 4) is 0 Å². The Balaban J connectivity index is 2.30. The molecule has 7 heteroatoms. The third-order valence-electron chi connectivity index (χ3n) is 2.34. The minimum absolute atomic E-state index is 0.0468. The third-order valence-corrected chi connectivity index (χ3v) is 3.30. The van der Waals surface area contributed by atoms with E-state index in [1.165, 1.54) is 6.20 Å². The van der Waals surface area contributed by atoms with E-state index in [9.17, 15) is 9.59 Å². The Kier molecular flexibility index (Phi) is 4.44. The SMILES string of the molecule is CCON(C(=O)c1ccccc1)c1ncc(C(=O)O)s1. The molecular formula is C13H12N2O4S. The van der Waals surface area contributed by atoms with Gasteiger partial charge in [0.25, 0.3) is 5.91 Å². The van der Waals surface area contributed by atoms with Crippen molar-refractivity contribution in [3.63, 3.8) is 0 Å². The first-order valence-electron chi connectivity index (χ1n) is 5.85. The highest BCUT2D eigenvalue weighted by atomic mass is 32.1. The Labute approximate surface area is 119 Å². The summed E-state index contributed by atoms with van der Waals surface area (Å²) in [4.78, 5) is 32.4. The van der Waals surface area contributed by atoms with Crippen LogP contribution in [0.4, 0.5) is 5.13 Å². The lowest BCUT2D eigenvalue weighted by atomic mass is 10.2. The minimum Gasteiger partial charge on any atom is -0.477 e. The lowest BCUT2D eigenvalue weighted by molar-refractivity contribution is 0.0677. The van der Waals surface area contributed by atoms with Crippen LogP contribution >= 0.6 is 11.3 Å². The maximum atomic E-state index is 12.3. The third kappa shape index (κ3) is 3.01. The van der Waals surface area contributed by atoms with Gasteiger partial charge in [0.1, 0.15) is 4.88 Å². The Morgan fingerprint density at radius 3 is 2.60 bits per heavy atom. The largest absolute Gasteiger partial charge is 0.477 e. The molecule has 0 bridgehead atoms. The summed E-state index contributed by atoms with van der Waals surface area (Å²) in [5.74, 6) is -1.48. The number of nitrogens with zero attached hydrogens (tertiary/aromatic N) is 2. The lowest BCUT2D eigenvalue weighted by Gasteiger charge is -2.17. The van der Waals surface area contributed by atoms with Gasteiger partial charge in [-0.2, -0.15) is 5.06 Å². The predicted molar refractivity (Wildman–Crippen MR) is 74.0 cm³/mol. The molecule has 6 nitrogen and oxygen atoms in total. The molecule has 0 saturated heterocycles. The normalized spacial score (nSPS) is 10.2. The number of carboxylic acids is 1. The van der Waals surface area contributed by atoms with Gasteiger partial charge < -0.3 is 5.11 Å². The first kappa shape index (κ1) is 14.2. The van der Waals surface area contributed by atoms with Crippen LogP contribution in [0, 0.1) is 0 Å². The number of carbonyl (C=O) groups excluding carboxylic acids is 1. The molecule has 104 valence electrons. The van der Waals surface area contributed by atoms with E-state index < -0.39 is 11.9 Å². The predicted octanol–water partition coefficient (Wildman–Crippen LogP) is 2.44. The Hall–Kier alpha value is -2.25. The number of amides is 1. The van der Waals surface area contributed by atoms with Crippen molar-refractivity contribution in [2.75, 3.05) is 11.7 Å². The van der Waals surface area contributed by atoms with Crippen molar-refractivity contribution < 1.29 is 19.5 Å². The topological polar surface area (TPSA) is 79.7 Å². The molecule has 2 rings (SSSR count). The van der Waals surface area contributed by atoms with Gasteiger partial charge in [0, 0.05) is 5.56 Å². The highest BCUT2D eigenvalue weighted by Crippen LogP contribution is 2.24. The second kappa shape index (κ2) is 6.27. The molecule has 1 aromatic carbocycles. The van der Waals surface area contributed by atoms with E-state index in [2.05, 4.69) is 4.98 Å². The van der Waals surface area contributed by atoms with Gasteiger partial charge in [-0.3, -0.25) is 9.63 Å². The van der Waals surface area contributed by atoms with Crippen molar-refractivity contribution >= 4 is 28.3 Å². The van der Waals surface area contributed by atoms with E-state index in [-0.39, 0.29) is 16.6 Å². The van der Waals surface area contributed by atoms with Gasteiger partial charge in [-0.05, 0) is 19.1 Å². The summed E-state index contributed by atoms with van der Waals surface area (Å²) in [7, 11) is 0. The highest BCUT2D eigenvalue weighted by Gasteiger charge is 2.22. The number of anilines is 1. The van der Waals surface area contributed by atoms with Crippen molar-refractivity contribution in [3.05, 3.63) is 47.0 Å². The van der Waals surface area contributed by atoms with Gasteiger partial charge in [-0.25, -0.2) is 9.78 Å². The number of aromatic carboxylic acids is 1. The first-order chi connectivity index (χ1) is 9.63. The average Bonchev–Trinajstić information content (AvgIpc) is 2.95. The molecule has 0 aliphatic heterocycles. The summed E-state index contributed by atoms with van der Waals surface area (Å²) < 4.78 is 0. The average molecular weight is 292 g/mol. The second-order valence-electron chi connectivity index (χ2n) is 3.70. The molecule has 1 heterocycles. The lowest BCUT2D eigenvalue weighted by Crippen LogP contribution is -2.31.